The molecule has 6 rings (SSSR count). The van der Waals surface area contributed by atoms with Gasteiger partial charge in [0.2, 0.25) is 5.88 Å². The summed E-state index contributed by atoms with van der Waals surface area (Å²) < 4.78 is 17.2. The Labute approximate surface area is 218 Å². The molecule has 5 heterocycles. The molecule has 2 aliphatic rings. The molecule has 1 fully saturated rings. The lowest BCUT2D eigenvalue weighted by Gasteiger charge is -2.22. The number of hydrogen-bond acceptors (Lipinski definition) is 7. The number of aromatic amines is 1. The zero-order valence-corrected chi connectivity index (χ0v) is 21.0. The smallest absolute Gasteiger partial charge is 0.255 e. The van der Waals surface area contributed by atoms with Crippen LogP contribution in [0.2, 0.25) is 5.02 Å². The molecular weight excluding hydrogens is 494 g/mol. The molecule has 190 valence electrons. The lowest BCUT2D eigenvalue weighted by Crippen LogP contribution is -2.31. The molecular formula is C27H26ClN5O4. The van der Waals surface area contributed by atoms with Gasteiger partial charge in [-0.1, -0.05) is 17.7 Å². The molecule has 2 aliphatic heterocycles. The van der Waals surface area contributed by atoms with E-state index in [4.69, 9.17) is 30.8 Å². The van der Waals surface area contributed by atoms with Crippen LogP contribution in [0.4, 0.5) is 11.4 Å². The Balaban J connectivity index is 1.48. The van der Waals surface area contributed by atoms with Gasteiger partial charge in [-0.3, -0.25) is 9.78 Å². The number of methoxy groups -OCH3 is 1. The summed E-state index contributed by atoms with van der Waals surface area (Å²) in [4.78, 5) is 25.9. The van der Waals surface area contributed by atoms with E-state index in [1.54, 1.807) is 19.4 Å². The van der Waals surface area contributed by atoms with Crippen molar-refractivity contribution in [2.75, 3.05) is 32.2 Å². The number of carbonyl (C=O) groups excluding carboxylic acids is 1. The SMILES string of the molecule is COc1c(Cl)cccc1Nc1c(-c2ccnc3ccc(OC4CCOCC4)nc23)[nH]c2c1C(=O)NCC2. The number of nitrogens with zero attached hydrogens (tertiary/aromatic N) is 2. The third kappa shape index (κ3) is 4.45. The molecule has 1 saturated heterocycles. The second-order valence-corrected chi connectivity index (χ2v) is 9.39. The highest BCUT2D eigenvalue weighted by molar-refractivity contribution is 6.32. The van der Waals surface area contributed by atoms with E-state index in [2.05, 4.69) is 20.6 Å². The van der Waals surface area contributed by atoms with Crippen molar-refractivity contribution >= 4 is 39.9 Å². The number of H-pyrrole nitrogens is 1. The van der Waals surface area contributed by atoms with Crippen molar-refractivity contribution in [2.45, 2.75) is 25.4 Å². The summed E-state index contributed by atoms with van der Waals surface area (Å²) in [6.07, 6.45) is 4.13. The van der Waals surface area contributed by atoms with Crippen LogP contribution < -0.4 is 20.1 Å². The van der Waals surface area contributed by atoms with Gasteiger partial charge in [-0.2, -0.15) is 0 Å². The summed E-state index contributed by atoms with van der Waals surface area (Å²) in [6.45, 7) is 1.93. The molecule has 1 amide bonds. The van der Waals surface area contributed by atoms with Gasteiger partial charge in [-0.25, -0.2) is 4.98 Å². The van der Waals surface area contributed by atoms with Gasteiger partial charge in [0.1, 0.15) is 11.6 Å². The maximum Gasteiger partial charge on any atom is 0.255 e. The Morgan fingerprint density at radius 1 is 1.16 bits per heavy atom. The van der Waals surface area contributed by atoms with Crippen molar-refractivity contribution < 1.29 is 19.0 Å². The zero-order valence-electron chi connectivity index (χ0n) is 20.3. The summed E-state index contributed by atoms with van der Waals surface area (Å²) in [6, 6.07) is 11.1. The summed E-state index contributed by atoms with van der Waals surface area (Å²) >= 11 is 6.38. The summed E-state index contributed by atoms with van der Waals surface area (Å²) in [5.74, 6) is 0.877. The lowest BCUT2D eigenvalue weighted by atomic mass is 10.0. The molecule has 4 aromatic rings. The second-order valence-electron chi connectivity index (χ2n) is 8.99. The van der Waals surface area contributed by atoms with Crippen LogP contribution >= 0.6 is 11.6 Å². The van der Waals surface area contributed by atoms with Crippen LogP contribution in [0.3, 0.4) is 0 Å². The Bertz CT molecular complexity index is 1480. The number of benzene rings is 1. The molecule has 1 aromatic carbocycles. The number of para-hydroxylation sites is 1. The molecule has 0 atom stereocenters. The van der Waals surface area contributed by atoms with Crippen LogP contribution in [0.5, 0.6) is 11.6 Å². The molecule has 3 aromatic heterocycles. The minimum atomic E-state index is -0.151. The van der Waals surface area contributed by atoms with Crippen molar-refractivity contribution in [3.63, 3.8) is 0 Å². The highest BCUT2D eigenvalue weighted by Gasteiger charge is 2.29. The number of carbonyl (C=O) groups is 1. The molecule has 10 heteroatoms. The third-order valence-electron chi connectivity index (χ3n) is 6.68. The Hall–Kier alpha value is -3.82. The van der Waals surface area contributed by atoms with E-state index >= 15 is 0 Å². The fourth-order valence-electron chi connectivity index (χ4n) is 4.89. The fourth-order valence-corrected chi connectivity index (χ4v) is 5.15. The van der Waals surface area contributed by atoms with Crippen molar-refractivity contribution in [2.24, 2.45) is 0 Å². The molecule has 0 unspecified atom stereocenters. The molecule has 37 heavy (non-hydrogen) atoms. The van der Waals surface area contributed by atoms with E-state index in [1.165, 1.54) is 0 Å². The lowest BCUT2D eigenvalue weighted by molar-refractivity contribution is 0.0239. The van der Waals surface area contributed by atoms with Gasteiger partial charge in [-0.05, 0) is 24.3 Å². The van der Waals surface area contributed by atoms with Crippen LogP contribution in [0, 0.1) is 0 Å². The molecule has 0 aliphatic carbocycles. The number of nitrogens with one attached hydrogen (secondary N) is 3. The minimum Gasteiger partial charge on any atom is -0.493 e. The zero-order chi connectivity index (χ0) is 25.4. The molecule has 0 radical (unpaired) electrons. The number of anilines is 2. The molecule has 0 saturated carbocycles. The topological polar surface area (TPSA) is 110 Å². The van der Waals surface area contributed by atoms with E-state index in [0.717, 1.165) is 35.3 Å². The van der Waals surface area contributed by atoms with Gasteiger partial charge < -0.3 is 29.8 Å². The first-order valence-corrected chi connectivity index (χ1v) is 12.6. The third-order valence-corrected chi connectivity index (χ3v) is 6.98. The molecule has 3 N–H and O–H groups in total. The standard InChI is InChI=1S/C27H26ClN5O4/c1-35-26-17(28)3-2-4-20(26)32-25-22-18(8-12-30-27(22)34)31-24(25)16-7-11-29-19-5-6-21(33-23(16)19)37-15-9-13-36-14-10-15/h2-7,11,15,31-32H,8-10,12-14H2,1H3,(H,30,34). The quantitative estimate of drug-likeness (QED) is 0.333. The first-order chi connectivity index (χ1) is 18.1. The maximum absolute atomic E-state index is 13.0. The van der Waals surface area contributed by atoms with Gasteiger partial charge in [0.15, 0.2) is 5.75 Å². The number of aromatic nitrogens is 3. The largest absolute Gasteiger partial charge is 0.493 e. The van der Waals surface area contributed by atoms with Gasteiger partial charge in [0.05, 0.1) is 53.5 Å². The Kier molecular flexibility index (Phi) is 6.31. The minimum absolute atomic E-state index is 0.0628. The predicted octanol–water partition coefficient (Wildman–Crippen LogP) is 4.87. The molecule has 0 spiro atoms. The second kappa shape index (κ2) is 9.91. The van der Waals surface area contributed by atoms with E-state index in [1.807, 2.05) is 30.3 Å². The van der Waals surface area contributed by atoms with E-state index < -0.39 is 0 Å². The number of pyridine rings is 2. The fraction of sp³-hybridized carbons (Fsp3) is 0.296. The van der Waals surface area contributed by atoms with E-state index in [-0.39, 0.29) is 12.0 Å². The average Bonchev–Trinajstić information content (AvgIpc) is 3.28. The van der Waals surface area contributed by atoms with Gasteiger partial charge in [0, 0.05) is 49.3 Å². The highest BCUT2D eigenvalue weighted by atomic mass is 35.5. The number of rotatable bonds is 6. The first-order valence-electron chi connectivity index (χ1n) is 12.3. The molecule has 9 nitrogen and oxygen atoms in total. The number of fused-ring (bicyclic) bond motifs is 2. The van der Waals surface area contributed by atoms with E-state index in [0.29, 0.717) is 65.3 Å². The number of amides is 1. The van der Waals surface area contributed by atoms with Crippen LogP contribution in [-0.2, 0) is 11.2 Å². The van der Waals surface area contributed by atoms with Gasteiger partial charge in [-0.15, -0.1) is 0 Å². The first kappa shape index (κ1) is 23.6. The number of hydrogen-bond donors (Lipinski definition) is 3. The summed E-state index contributed by atoms with van der Waals surface area (Å²) in [7, 11) is 1.56. The molecule has 0 bridgehead atoms. The average molecular weight is 520 g/mol. The van der Waals surface area contributed by atoms with Crippen LogP contribution in [-0.4, -0.2) is 53.8 Å². The van der Waals surface area contributed by atoms with Gasteiger partial charge >= 0.3 is 0 Å². The summed E-state index contributed by atoms with van der Waals surface area (Å²) in [5.41, 5.74) is 5.60. The van der Waals surface area contributed by atoms with Gasteiger partial charge in [0.25, 0.3) is 5.91 Å². The summed E-state index contributed by atoms with van der Waals surface area (Å²) in [5, 5.41) is 6.83. The van der Waals surface area contributed by atoms with E-state index in [9.17, 15) is 4.79 Å². The van der Waals surface area contributed by atoms with Crippen molar-refractivity contribution in [3.8, 4) is 22.9 Å². The number of halogens is 1. The van der Waals surface area contributed by atoms with Crippen LogP contribution in [0.15, 0.2) is 42.6 Å². The Morgan fingerprint density at radius 2 is 2.03 bits per heavy atom. The number of ether oxygens (including phenoxy) is 3. The van der Waals surface area contributed by atoms with Crippen molar-refractivity contribution in [3.05, 3.63) is 58.9 Å². The maximum atomic E-state index is 13.0. The Morgan fingerprint density at radius 3 is 2.86 bits per heavy atom. The van der Waals surface area contributed by atoms with Crippen molar-refractivity contribution in [1.82, 2.24) is 20.3 Å². The normalized spacial score (nSPS) is 15.8. The predicted molar refractivity (Wildman–Crippen MR) is 141 cm³/mol. The van der Waals surface area contributed by atoms with Crippen molar-refractivity contribution in [1.29, 1.82) is 0 Å². The monoisotopic (exact) mass is 519 g/mol. The highest BCUT2D eigenvalue weighted by Crippen LogP contribution is 2.42. The van der Waals surface area contributed by atoms with Crippen LogP contribution in [0.25, 0.3) is 22.3 Å². The van der Waals surface area contributed by atoms with Crippen LogP contribution in [0.1, 0.15) is 28.9 Å².